The Labute approximate surface area is 151 Å². The van der Waals surface area contributed by atoms with Gasteiger partial charge in [0.15, 0.2) is 0 Å². The number of nitrogens with zero attached hydrogens (tertiary/aromatic N) is 1. The van der Waals surface area contributed by atoms with Gasteiger partial charge < -0.3 is 10.3 Å². The van der Waals surface area contributed by atoms with Crippen molar-refractivity contribution in [2.24, 2.45) is 0 Å². The van der Waals surface area contributed by atoms with E-state index in [9.17, 15) is 9.59 Å². The lowest BCUT2D eigenvalue weighted by Crippen LogP contribution is -2.37. The molecule has 26 heavy (non-hydrogen) atoms. The number of nitrogens with one attached hydrogen (secondary N) is 4. The second-order valence-corrected chi connectivity index (χ2v) is 5.91. The lowest BCUT2D eigenvalue weighted by molar-refractivity contribution is 0.0929. The van der Waals surface area contributed by atoms with Crippen molar-refractivity contribution in [2.45, 2.75) is 19.9 Å². The molecule has 0 radical (unpaired) electrons. The summed E-state index contributed by atoms with van der Waals surface area (Å²) in [6.07, 6.45) is 4.32. The van der Waals surface area contributed by atoms with E-state index in [2.05, 4.69) is 26.1 Å². The fourth-order valence-electron chi connectivity index (χ4n) is 2.49. The van der Waals surface area contributed by atoms with Crippen molar-refractivity contribution in [2.75, 3.05) is 6.54 Å². The van der Waals surface area contributed by atoms with Crippen LogP contribution in [0.4, 0.5) is 0 Å². The van der Waals surface area contributed by atoms with E-state index in [0.717, 1.165) is 29.4 Å². The van der Waals surface area contributed by atoms with Gasteiger partial charge in [0, 0.05) is 41.9 Å². The van der Waals surface area contributed by atoms with E-state index in [0.29, 0.717) is 17.8 Å². The highest BCUT2D eigenvalue weighted by Gasteiger charge is 2.09. The van der Waals surface area contributed by atoms with E-state index in [1.54, 1.807) is 30.6 Å². The first kappa shape index (κ1) is 17.6. The van der Waals surface area contributed by atoms with Crippen LogP contribution in [-0.4, -0.2) is 28.3 Å². The van der Waals surface area contributed by atoms with Gasteiger partial charge in [0.1, 0.15) is 5.69 Å². The number of carbonyl (C=O) groups excluding carboxylic acids is 2. The molecule has 0 fully saturated rings. The molecule has 7 nitrogen and oxygen atoms in total. The number of hydrazine groups is 1. The summed E-state index contributed by atoms with van der Waals surface area (Å²) in [7, 11) is 0. The third-order valence-corrected chi connectivity index (χ3v) is 3.91. The fraction of sp³-hybridized carbons (Fsp3) is 0.211. The Kier molecular flexibility index (Phi) is 5.60. The molecule has 0 saturated carbocycles. The number of pyridine rings is 1. The zero-order valence-electron chi connectivity index (χ0n) is 14.5. The summed E-state index contributed by atoms with van der Waals surface area (Å²) in [6.45, 7) is 3.12. The highest BCUT2D eigenvalue weighted by molar-refractivity contribution is 5.97. The van der Waals surface area contributed by atoms with E-state index >= 15 is 0 Å². The molecule has 4 N–H and O–H groups in total. The van der Waals surface area contributed by atoms with Crippen molar-refractivity contribution in [3.63, 3.8) is 0 Å². The van der Waals surface area contributed by atoms with Gasteiger partial charge in [-0.3, -0.25) is 20.0 Å². The monoisotopic (exact) mass is 351 g/mol. The van der Waals surface area contributed by atoms with Gasteiger partial charge in [0.05, 0.1) is 0 Å². The molecular formula is C19H21N5O2. The zero-order chi connectivity index (χ0) is 18.4. The molecule has 3 rings (SSSR count). The Hall–Kier alpha value is -3.19. The van der Waals surface area contributed by atoms with Crippen LogP contribution >= 0.6 is 0 Å². The largest absolute Gasteiger partial charge is 0.350 e. The Morgan fingerprint density at radius 1 is 1.12 bits per heavy atom. The van der Waals surface area contributed by atoms with Crippen LogP contribution in [0.2, 0.25) is 0 Å². The lowest BCUT2D eigenvalue weighted by atomic mass is 10.1. The first-order chi connectivity index (χ1) is 12.7. The van der Waals surface area contributed by atoms with Crippen LogP contribution in [0.15, 0.2) is 48.8 Å². The summed E-state index contributed by atoms with van der Waals surface area (Å²) in [5.74, 6) is -0.368. The number of benzene rings is 1. The predicted molar refractivity (Wildman–Crippen MR) is 99.5 cm³/mol. The van der Waals surface area contributed by atoms with Crippen LogP contribution in [0.1, 0.15) is 39.8 Å². The summed E-state index contributed by atoms with van der Waals surface area (Å²) >= 11 is 0. The first-order valence-electron chi connectivity index (χ1n) is 8.50. The van der Waals surface area contributed by atoms with Crippen LogP contribution in [0.5, 0.6) is 0 Å². The van der Waals surface area contributed by atoms with Crippen molar-refractivity contribution < 1.29 is 9.59 Å². The highest BCUT2D eigenvalue weighted by Crippen LogP contribution is 2.13. The molecule has 1 aromatic carbocycles. The van der Waals surface area contributed by atoms with E-state index in [1.165, 1.54) is 0 Å². The maximum atomic E-state index is 12.3. The number of H-pyrrole nitrogens is 1. The quantitative estimate of drug-likeness (QED) is 0.387. The molecule has 7 heteroatoms. The van der Waals surface area contributed by atoms with Crippen LogP contribution < -0.4 is 16.2 Å². The molecule has 0 bridgehead atoms. The average molecular weight is 351 g/mol. The van der Waals surface area contributed by atoms with Gasteiger partial charge in [-0.1, -0.05) is 19.1 Å². The molecular weight excluding hydrogens is 330 g/mol. The van der Waals surface area contributed by atoms with Gasteiger partial charge in [0.25, 0.3) is 11.8 Å². The molecule has 0 spiro atoms. The molecule has 3 aromatic rings. The maximum Gasteiger partial charge on any atom is 0.267 e. The Bertz CT molecular complexity index is 869. The lowest BCUT2D eigenvalue weighted by Gasteiger charge is -2.07. The van der Waals surface area contributed by atoms with Gasteiger partial charge in [-0.25, -0.2) is 5.43 Å². The molecule has 0 saturated heterocycles. The molecule has 0 unspecified atom stereocenters. The van der Waals surface area contributed by atoms with E-state index < -0.39 is 0 Å². The summed E-state index contributed by atoms with van der Waals surface area (Å²) in [5, 5.41) is 3.76. The van der Waals surface area contributed by atoms with E-state index in [4.69, 9.17) is 0 Å². The van der Waals surface area contributed by atoms with Gasteiger partial charge in [-0.2, -0.15) is 0 Å². The van der Waals surface area contributed by atoms with Crippen molar-refractivity contribution in [3.8, 4) is 0 Å². The van der Waals surface area contributed by atoms with Crippen LogP contribution in [-0.2, 0) is 6.54 Å². The molecule has 2 heterocycles. The molecule has 134 valence electrons. The second-order valence-electron chi connectivity index (χ2n) is 5.91. The van der Waals surface area contributed by atoms with E-state index in [-0.39, 0.29) is 11.8 Å². The Morgan fingerprint density at radius 2 is 1.92 bits per heavy atom. The van der Waals surface area contributed by atoms with Gasteiger partial charge in [0.2, 0.25) is 0 Å². The van der Waals surface area contributed by atoms with Gasteiger partial charge >= 0.3 is 0 Å². The molecule has 2 amide bonds. The normalized spacial score (nSPS) is 10.7. The summed E-state index contributed by atoms with van der Waals surface area (Å²) in [4.78, 5) is 31.3. The summed E-state index contributed by atoms with van der Waals surface area (Å²) < 4.78 is 0. The number of rotatable bonds is 7. The van der Waals surface area contributed by atoms with Gasteiger partial charge in [-0.15, -0.1) is 0 Å². The topological polar surface area (TPSA) is 98.9 Å². The van der Waals surface area contributed by atoms with Crippen molar-refractivity contribution >= 4 is 22.7 Å². The summed E-state index contributed by atoms with van der Waals surface area (Å²) in [5.41, 5.74) is 8.33. The number of aromatic nitrogens is 2. The number of hydrogen-bond donors (Lipinski definition) is 4. The Morgan fingerprint density at radius 3 is 2.65 bits per heavy atom. The van der Waals surface area contributed by atoms with Crippen LogP contribution in [0.3, 0.4) is 0 Å². The number of hydrogen-bond acceptors (Lipinski definition) is 4. The maximum absolute atomic E-state index is 12.3. The minimum atomic E-state index is -0.188. The van der Waals surface area contributed by atoms with Crippen molar-refractivity contribution in [1.29, 1.82) is 0 Å². The zero-order valence-corrected chi connectivity index (χ0v) is 14.5. The van der Waals surface area contributed by atoms with Crippen molar-refractivity contribution in [1.82, 2.24) is 26.1 Å². The molecule has 0 aliphatic heterocycles. The number of carbonyl (C=O) groups is 2. The second kappa shape index (κ2) is 8.26. The third kappa shape index (κ3) is 4.25. The van der Waals surface area contributed by atoms with E-state index in [1.807, 2.05) is 25.1 Å². The molecule has 0 aliphatic carbocycles. The summed E-state index contributed by atoms with van der Waals surface area (Å²) in [6, 6.07) is 10.7. The third-order valence-electron chi connectivity index (χ3n) is 3.91. The number of amides is 2. The van der Waals surface area contributed by atoms with Gasteiger partial charge in [-0.05, 0) is 36.2 Å². The predicted octanol–water partition coefficient (Wildman–Crippen LogP) is 2.14. The van der Waals surface area contributed by atoms with Crippen molar-refractivity contribution in [3.05, 3.63) is 65.6 Å². The van der Waals surface area contributed by atoms with Crippen LogP contribution in [0.25, 0.3) is 10.9 Å². The fourth-order valence-corrected chi connectivity index (χ4v) is 2.49. The molecule has 0 aliphatic rings. The number of fused-ring (bicyclic) bond motifs is 1. The number of aromatic amines is 1. The SMILES string of the molecule is CCCNNC(=O)c1ccc(CNC(=O)c2cc3cnccc3[nH]2)cc1. The Balaban J connectivity index is 1.55. The standard InChI is InChI=1S/C19H21N5O2/c1-2-8-22-24-18(25)14-5-3-13(4-6-14)11-21-19(26)17-10-15-12-20-9-7-16(15)23-17/h3-7,9-10,12,22-23H,2,8,11H2,1H3,(H,21,26)(H,24,25). The highest BCUT2D eigenvalue weighted by atomic mass is 16.2. The minimum Gasteiger partial charge on any atom is -0.350 e. The smallest absolute Gasteiger partial charge is 0.267 e. The van der Waals surface area contributed by atoms with Crippen LogP contribution in [0, 0.1) is 0 Å². The average Bonchev–Trinajstić information content (AvgIpc) is 3.11. The first-order valence-corrected chi connectivity index (χ1v) is 8.50. The minimum absolute atomic E-state index is 0.180. The molecule has 2 aromatic heterocycles. The molecule has 0 atom stereocenters.